The highest BCUT2D eigenvalue weighted by Gasteiger charge is 2.04. The number of rotatable bonds is 4. The molecule has 0 spiro atoms. The zero-order valence-electron chi connectivity index (χ0n) is 9.49. The fraction of sp³-hybridized carbons (Fsp3) is 0.500. The first-order chi connectivity index (χ1) is 6.99. The number of aryl methyl sites for hydroxylation is 1. The monoisotopic (exact) mass is 209 g/mol. The van der Waals surface area contributed by atoms with E-state index in [1.54, 1.807) is 13.8 Å². The van der Waals surface area contributed by atoms with Crippen LogP contribution < -0.4 is 5.32 Å². The highest BCUT2D eigenvalue weighted by Crippen LogP contribution is 2.18. The quantitative estimate of drug-likeness (QED) is 0.661. The summed E-state index contributed by atoms with van der Waals surface area (Å²) < 4.78 is 0. The van der Waals surface area contributed by atoms with Crippen LogP contribution in [0.25, 0.3) is 0 Å². The van der Waals surface area contributed by atoms with Crippen LogP contribution in [0.2, 0.25) is 0 Å². The molecule has 0 saturated carbocycles. The molecule has 1 rings (SSSR count). The summed E-state index contributed by atoms with van der Waals surface area (Å²) in [5, 5.41) is 21.5. The molecule has 1 aromatic rings. The first kappa shape index (κ1) is 12.0. The van der Waals surface area contributed by atoms with Crippen LogP contribution in [-0.4, -0.2) is 22.5 Å². The predicted octanol–water partition coefficient (Wildman–Crippen LogP) is 1.67. The van der Waals surface area contributed by atoms with E-state index in [-0.39, 0.29) is 6.10 Å². The number of hydrogen-bond acceptors (Lipinski definition) is 3. The van der Waals surface area contributed by atoms with Gasteiger partial charge in [0.1, 0.15) is 6.23 Å². The minimum Gasteiger partial charge on any atom is -0.393 e. The van der Waals surface area contributed by atoms with E-state index in [2.05, 4.69) is 5.32 Å². The van der Waals surface area contributed by atoms with E-state index in [0.717, 1.165) is 16.8 Å². The molecule has 3 N–H and O–H groups in total. The number of nitrogens with one attached hydrogen (secondary N) is 1. The van der Waals surface area contributed by atoms with Crippen LogP contribution in [-0.2, 0) is 6.42 Å². The van der Waals surface area contributed by atoms with Gasteiger partial charge in [-0.05, 0) is 44.4 Å². The second kappa shape index (κ2) is 5.14. The number of hydrogen-bond donors (Lipinski definition) is 3. The summed E-state index contributed by atoms with van der Waals surface area (Å²) in [4.78, 5) is 0. The molecule has 0 bridgehead atoms. The van der Waals surface area contributed by atoms with E-state index in [9.17, 15) is 10.2 Å². The molecule has 1 aromatic carbocycles. The van der Waals surface area contributed by atoms with Crippen LogP contribution >= 0.6 is 0 Å². The summed E-state index contributed by atoms with van der Waals surface area (Å²) >= 11 is 0. The maximum Gasteiger partial charge on any atom is 0.121 e. The first-order valence-corrected chi connectivity index (χ1v) is 5.21. The van der Waals surface area contributed by atoms with Crippen molar-refractivity contribution < 1.29 is 10.2 Å². The van der Waals surface area contributed by atoms with Crippen molar-refractivity contribution in [2.45, 2.75) is 39.5 Å². The van der Waals surface area contributed by atoms with Crippen LogP contribution in [0.4, 0.5) is 5.69 Å². The Labute approximate surface area is 90.8 Å². The van der Waals surface area contributed by atoms with E-state index in [1.165, 1.54) is 0 Å². The van der Waals surface area contributed by atoms with Gasteiger partial charge in [0.2, 0.25) is 0 Å². The lowest BCUT2D eigenvalue weighted by atomic mass is 10.1. The molecular formula is C12H19NO2. The van der Waals surface area contributed by atoms with Gasteiger partial charge in [0.05, 0.1) is 6.10 Å². The number of benzene rings is 1. The molecule has 3 nitrogen and oxygen atoms in total. The molecule has 0 aliphatic carbocycles. The number of aliphatic hydroxyl groups excluding tert-OH is 2. The Morgan fingerprint density at radius 1 is 1.27 bits per heavy atom. The highest BCUT2D eigenvalue weighted by molar-refractivity contribution is 5.53. The van der Waals surface area contributed by atoms with Crippen molar-refractivity contribution in [2.75, 3.05) is 5.32 Å². The van der Waals surface area contributed by atoms with Crippen LogP contribution in [0.5, 0.6) is 0 Å². The fourth-order valence-corrected chi connectivity index (χ4v) is 1.52. The number of aliphatic hydroxyl groups is 2. The van der Waals surface area contributed by atoms with E-state index in [0.29, 0.717) is 6.42 Å². The Bertz CT molecular complexity index is 321. The largest absolute Gasteiger partial charge is 0.393 e. The van der Waals surface area contributed by atoms with Gasteiger partial charge in [-0.15, -0.1) is 0 Å². The van der Waals surface area contributed by atoms with E-state index in [1.807, 2.05) is 25.1 Å². The molecule has 0 aliphatic rings. The third kappa shape index (κ3) is 3.90. The van der Waals surface area contributed by atoms with Gasteiger partial charge < -0.3 is 15.5 Å². The Morgan fingerprint density at radius 2 is 1.93 bits per heavy atom. The average molecular weight is 209 g/mol. The fourth-order valence-electron chi connectivity index (χ4n) is 1.52. The maximum absolute atomic E-state index is 9.28. The lowest BCUT2D eigenvalue weighted by Crippen LogP contribution is -2.14. The van der Waals surface area contributed by atoms with Crippen molar-refractivity contribution in [3.8, 4) is 0 Å². The first-order valence-electron chi connectivity index (χ1n) is 5.21. The lowest BCUT2D eigenvalue weighted by Gasteiger charge is -2.14. The van der Waals surface area contributed by atoms with Gasteiger partial charge in [-0.3, -0.25) is 0 Å². The van der Waals surface area contributed by atoms with Crippen molar-refractivity contribution in [2.24, 2.45) is 0 Å². The molecule has 15 heavy (non-hydrogen) atoms. The summed E-state index contributed by atoms with van der Waals surface area (Å²) in [6.07, 6.45) is -0.271. The molecule has 0 unspecified atom stereocenters. The highest BCUT2D eigenvalue weighted by atomic mass is 16.3. The summed E-state index contributed by atoms with van der Waals surface area (Å²) in [6, 6.07) is 5.95. The molecule has 0 radical (unpaired) electrons. The van der Waals surface area contributed by atoms with Crippen LogP contribution in [0.15, 0.2) is 18.2 Å². The Balaban J connectivity index is 2.85. The predicted molar refractivity (Wildman–Crippen MR) is 61.9 cm³/mol. The van der Waals surface area contributed by atoms with Gasteiger partial charge in [-0.1, -0.05) is 12.1 Å². The van der Waals surface area contributed by atoms with Crippen molar-refractivity contribution in [3.63, 3.8) is 0 Å². The molecule has 2 atom stereocenters. The third-order valence-corrected chi connectivity index (χ3v) is 2.20. The average Bonchev–Trinajstić information content (AvgIpc) is 2.09. The molecule has 0 amide bonds. The summed E-state index contributed by atoms with van der Waals surface area (Å²) in [5.74, 6) is 0. The zero-order chi connectivity index (χ0) is 11.4. The summed E-state index contributed by atoms with van der Waals surface area (Å²) in [5.41, 5.74) is 3.08. The lowest BCUT2D eigenvalue weighted by molar-refractivity contribution is 0.195. The minimum atomic E-state index is -0.564. The minimum absolute atomic E-state index is 0.341. The summed E-state index contributed by atoms with van der Waals surface area (Å²) in [6.45, 7) is 5.43. The second-order valence-corrected chi connectivity index (χ2v) is 4.02. The van der Waals surface area contributed by atoms with Crippen molar-refractivity contribution >= 4 is 5.69 Å². The van der Waals surface area contributed by atoms with Gasteiger partial charge >= 0.3 is 0 Å². The Kier molecular flexibility index (Phi) is 4.12. The normalized spacial score (nSPS) is 14.7. The molecule has 0 saturated heterocycles. The maximum atomic E-state index is 9.28. The standard InChI is InChI=1S/C12H19NO2/c1-8-4-5-11(6-9(2)14)7-12(8)13-10(3)15/h4-5,7,9-10,13-15H,6H2,1-3H3/t9-,10-/m1/s1. The number of anilines is 1. The van der Waals surface area contributed by atoms with Gasteiger partial charge in [0.15, 0.2) is 0 Å². The van der Waals surface area contributed by atoms with E-state index >= 15 is 0 Å². The van der Waals surface area contributed by atoms with Crippen molar-refractivity contribution in [3.05, 3.63) is 29.3 Å². The van der Waals surface area contributed by atoms with E-state index in [4.69, 9.17) is 0 Å². The smallest absolute Gasteiger partial charge is 0.121 e. The van der Waals surface area contributed by atoms with Crippen LogP contribution in [0.1, 0.15) is 25.0 Å². The molecule has 0 aliphatic heterocycles. The van der Waals surface area contributed by atoms with Crippen LogP contribution in [0, 0.1) is 6.92 Å². The summed E-state index contributed by atoms with van der Waals surface area (Å²) in [7, 11) is 0. The molecular weight excluding hydrogens is 190 g/mol. The van der Waals surface area contributed by atoms with E-state index < -0.39 is 6.23 Å². The van der Waals surface area contributed by atoms with Crippen molar-refractivity contribution in [1.29, 1.82) is 0 Å². The van der Waals surface area contributed by atoms with Gasteiger partial charge in [-0.25, -0.2) is 0 Å². The van der Waals surface area contributed by atoms with Gasteiger partial charge in [0, 0.05) is 5.69 Å². The third-order valence-electron chi connectivity index (χ3n) is 2.20. The molecule has 0 heterocycles. The molecule has 84 valence electrons. The molecule has 0 aromatic heterocycles. The Morgan fingerprint density at radius 3 is 2.47 bits per heavy atom. The van der Waals surface area contributed by atoms with Crippen LogP contribution in [0.3, 0.4) is 0 Å². The Hall–Kier alpha value is -1.06. The SMILES string of the molecule is Cc1ccc(C[C@@H](C)O)cc1N[C@@H](C)O. The topological polar surface area (TPSA) is 52.5 Å². The molecule has 3 heteroatoms. The molecule has 0 fully saturated rings. The van der Waals surface area contributed by atoms with Crippen molar-refractivity contribution in [1.82, 2.24) is 0 Å². The van der Waals surface area contributed by atoms with Gasteiger partial charge in [0.25, 0.3) is 0 Å². The van der Waals surface area contributed by atoms with Gasteiger partial charge in [-0.2, -0.15) is 0 Å². The second-order valence-electron chi connectivity index (χ2n) is 4.02. The zero-order valence-corrected chi connectivity index (χ0v) is 9.49.